The minimum absolute atomic E-state index is 0. The number of unbranched alkanes of at least 4 members (excludes halogenated alkanes) is 2. The van der Waals surface area contributed by atoms with Crippen LogP contribution in [0.1, 0.15) is 26.2 Å². The molecule has 0 aliphatic rings. The van der Waals surface area contributed by atoms with Gasteiger partial charge in [-0.05, 0) is 7.05 Å². The van der Waals surface area contributed by atoms with Gasteiger partial charge in [0.1, 0.15) is 0 Å². The van der Waals surface area contributed by atoms with Gasteiger partial charge in [0.15, 0.2) is 0 Å². The normalized spacial score (nSPS) is 7.00. The van der Waals surface area contributed by atoms with Crippen LogP contribution in [0.4, 0.5) is 0 Å². The number of carboxylic acids is 1. The molecule has 0 aromatic rings. The topological polar surface area (TPSA) is 49.3 Å². The second kappa shape index (κ2) is 23.3. The van der Waals surface area contributed by atoms with E-state index in [9.17, 15) is 4.79 Å². The van der Waals surface area contributed by atoms with Gasteiger partial charge in [-0.2, -0.15) is 6.42 Å². The van der Waals surface area contributed by atoms with E-state index in [0.717, 1.165) is 6.42 Å². The van der Waals surface area contributed by atoms with Crippen molar-refractivity contribution in [1.29, 1.82) is 0 Å². The maximum absolute atomic E-state index is 9.54. The zero-order chi connectivity index (χ0) is 9.11. The van der Waals surface area contributed by atoms with Crippen LogP contribution in [0.15, 0.2) is 0 Å². The van der Waals surface area contributed by atoms with E-state index < -0.39 is 5.97 Å². The second-order valence-corrected chi connectivity index (χ2v) is 2.13. The molecule has 0 atom stereocenters. The molecule has 0 spiro atoms. The molecule has 3 nitrogen and oxygen atoms in total. The molecule has 0 saturated carbocycles. The predicted octanol–water partition coefficient (Wildman–Crippen LogP) is -2.08. The zero-order valence-electron chi connectivity index (χ0n) is 9.39. The van der Waals surface area contributed by atoms with Crippen LogP contribution in [0.5, 0.6) is 0 Å². The van der Waals surface area contributed by atoms with Crippen LogP contribution in [0.3, 0.4) is 0 Å². The molecule has 2 N–H and O–H groups in total. The van der Waals surface area contributed by atoms with Gasteiger partial charge in [-0.25, -0.2) is 0 Å². The van der Waals surface area contributed by atoms with Gasteiger partial charge in [0, 0.05) is 29.6 Å². The van der Waals surface area contributed by atoms with E-state index in [0.29, 0.717) is 0 Å². The Morgan fingerprint density at radius 2 is 2.00 bits per heavy atom. The fourth-order valence-electron chi connectivity index (χ4n) is 0.401. The quantitative estimate of drug-likeness (QED) is 0.410. The summed E-state index contributed by atoms with van der Waals surface area (Å²) in [5.74, 6) is -0.822. The monoisotopic (exact) mass is 206 g/mol. The molecule has 0 bridgehead atoms. The Bertz CT molecular complexity index is 90.2. The molecule has 0 aromatic heterocycles. The molecule has 1 radical (unpaired) electrons. The Morgan fingerprint density at radius 1 is 1.54 bits per heavy atom. The number of hydrogen-bond donors (Lipinski definition) is 2. The summed E-state index contributed by atoms with van der Waals surface area (Å²) in [6.45, 7) is 5.89. The van der Waals surface area contributed by atoms with Crippen LogP contribution < -0.4 is 34.9 Å². The molecule has 0 fully saturated rings. The molecule has 0 amide bonds. The van der Waals surface area contributed by atoms with E-state index in [1.54, 1.807) is 7.05 Å². The number of aliphatic carboxylic acids is 1. The van der Waals surface area contributed by atoms with E-state index in [1.165, 1.54) is 12.8 Å². The van der Waals surface area contributed by atoms with Crippen molar-refractivity contribution in [2.75, 3.05) is 13.6 Å². The van der Waals surface area contributed by atoms with Crippen LogP contribution >= 0.6 is 0 Å². The predicted molar refractivity (Wildman–Crippen MR) is 52.2 cm³/mol. The van der Waals surface area contributed by atoms with Crippen molar-refractivity contribution in [3.63, 3.8) is 0 Å². The standard InChI is InChI=1S/C5H11.C3H7NO2.2Na/c1-3-5-4-2;1-4-2-3(5)6;;/h1,3-5H2,2H3;4H,2H2,1H3,(H,5,6);;/q-1;;;+1. The van der Waals surface area contributed by atoms with Crippen molar-refractivity contribution in [2.24, 2.45) is 0 Å². The smallest absolute Gasteiger partial charge is 0.480 e. The summed E-state index contributed by atoms with van der Waals surface area (Å²) in [5, 5.41) is 10.3. The number of rotatable bonds is 4. The van der Waals surface area contributed by atoms with Crippen molar-refractivity contribution in [2.45, 2.75) is 26.2 Å². The largest absolute Gasteiger partial charge is 1.00 e. The Hall–Kier alpha value is 1.43. The first kappa shape index (κ1) is 23.9. The van der Waals surface area contributed by atoms with Gasteiger partial charge in [0.05, 0.1) is 6.54 Å². The van der Waals surface area contributed by atoms with E-state index in [1.807, 2.05) is 0 Å². The van der Waals surface area contributed by atoms with Crippen LogP contribution in [-0.4, -0.2) is 54.2 Å². The summed E-state index contributed by atoms with van der Waals surface area (Å²) in [4.78, 5) is 9.54. The van der Waals surface area contributed by atoms with E-state index in [2.05, 4.69) is 19.2 Å². The first-order valence-electron chi connectivity index (χ1n) is 3.84. The number of carboxylic acid groups (broad SMARTS) is 1. The Balaban J connectivity index is -0.0000000546. The maximum atomic E-state index is 9.54. The fourth-order valence-corrected chi connectivity index (χ4v) is 0.401. The molecular formula is C8H18NNa2O2. The van der Waals surface area contributed by atoms with Crippen LogP contribution in [0.25, 0.3) is 0 Å². The fraction of sp³-hybridized carbons (Fsp3) is 0.750. The SMILES string of the molecule is CNCC(=O)O.[CH2-]CCCC.[Na+].[Na]. The van der Waals surface area contributed by atoms with Gasteiger partial charge in [-0.3, -0.25) is 4.79 Å². The molecule has 0 aliphatic heterocycles. The first-order valence-corrected chi connectivity index (χ1v) is 3.84. The molecule has 0 heterocycles. The molecule has 0 unspecified atom stereocenters. The number of nitrogens with one attached hydrogen (secondary N) is 1. The van der Waals surface area contributed by atoms with E-state index >= 15 is 0 Å². The Kier molecular flexibility index (Phi) is 42.9. The minimum atomic E-state index is -0.822. The van der Waals surface area contributed by atoms with Crippen molar-refractivity contribution in [3.8, 4) is 0 Å². The summed E-state index contributed by atoms with van der Waals surface area (Å²) in [6, 6.07) is 0. The van der Waals surface area contributed by atoms with Crippen LogP contribution in [0.2, 0.25) is 0 Å². The molecule has 0 aromatic carbocycles. The van der Waals surface area contributed by atoms with Gasteiger partial charge in [-0.15, -0.1) is 0 Å². The van der Waals surface area contributed by atoms with Gasteiger partial charge in [0.2, 0.25) is 0 Å². The molecule has 5 heteroatoms. The van der Waals surface area contributed by atoms with Gasteiger partial charge in [0.25, 0.3) is 0 Å². The van der Waals surface area contributed by atoms with Crippen molar-refractivity contribution >= 4 is 35.5 Å². The van der Waals surface area contributed by atoms with Crippen LogP contribution in [0, 0.1) is 6.92 Å². The van der Waals surface area contributed by atoms with Gasteiger partial charge < -0.3 is 17.3 Å². The third kappa shape index (κ3) is 42.4. The average Bonchev–Trinajstić information content (AvgIpc) is 1.90. The summed E-state index contributed by atoms with van der Waals surface area (Å²) in [6.07, 6.45) is 3.65. The number of hydrogen-bond acceptors (Lipinski definition) is 2. The molecule has 0 saturated heterocycles. The Labute approximate surface area is 126 Å². The van der Waals surface area contributed by atoms with Crippen LogP contribution in [-0.2, 0) is 4.79 Å². The Morgan fingerprint density at radius 3 is 2.00 bits per heavy atom. The minimum Gasteiger partial charge on any atom is -0.480 e. The summed E-state index contributed by atoms with van der Waals surface area (Å²) < 4.78 is 0. The van der Waals surface area contributed by atoms with Gasteiger partial charge in [-0.1, -0.05) is 19.8 Å². The molecule has 0 rings (SSSR count). The van der Waals surface area contributed by atoms with E-state index in [-0.39, 0.29) is 65.7 Å². The number of carbonyl (C=O) groups is 1. The first-order chi connectivity index (χ1) is 5.18. The number of likely N-dealkylation sites (N-methyl/N-ethyl adjacent to an activating group) is 1. The zero-order valence-corrected chi connectivity index (χ0v) is 13.4. The third-order valence-electron chi connectivity index (χ3n) is 0.932. The second-order valence-electron chi connectivity index (χ2n) is 2.13. The summed E-state index contributed by atoms with van der Waals surface area (Å²) >= 11 is 0. The van der Waals surface area contributed by atoms with Crippen molar-refractivity contribution in [1.82, 2.24) is 5.32 Å². The summed E-state index contributed by atoms with van der Waals surface area (Å²) in [7, 11) is 1.59. The molecule has 0 aliphatic carbocycles. The van der Waals surface area contributed by atoms with E-state index in [4.69, 9.17) is 5.11 Å². The van der Waals surface area contributed by atoms with Crippen molar-refractivity contribution in [3.05, 3.63) is 6.92 Å². The third-order valence-corrected chi connectivity index (χ3v) is 0.932. The molecule has 13 heavy (non-hydrogen) atoms. The summed E-state index contributed by atoms with van der Waals surface area (Å²) in [5.41, 5.74) is 0. The molecular weight excluding hydrogens is 188 g/mol. The average molecular weight is 206 g/mol. The van der Waals surface area contributed by atoms with Gasteiger partial charge >= 0.3 is 35.5 Å². The molecule has 69 valence electrons. The maximum Gasteiger partial charge on any atom is 1.00 e. The van der Waals surface area contributed by atoms with Crippen molar-refractivity contribution < 1.29 is 39.5 Å².